The first-order valence-corrected chi connectivity index (χ1v) is 7.30. The predicted octanol–water partition coefficient (Wildman–Crippen LogP) is 0.500. The summed E-state index contributed by atoms with van der Waals surface area (Å²) >= 11 is 0. The standard InChI is InChI=1S/C14H21NO5/c1-7-5-15(6-8(2)19-7)13(16)11-9-3-4-10(20-9)12(11)14(17)18/h7-12H,3-6H2,1-2H3,(H,17,18)/t7-,8+,9-,10-,11+,12-/m0/s1. The van der Waals surface area contributed by atoms with E-state index in [1.54, 1.807) is 4.90 Å². The van der Waals surface area contributed by atoms with Crippen LogP contribution in [0.25, 0.3) is 0 Å². The van der Waals surface area contributed by atoms with E-state index in [0.717, 1.165) is 12.8 Å². The van der Waals surface area contributed by atoms with Crippen molar-refractivity contribution in [1.82, 2.24) is 4.90 Å². The number of fused-ring (bicyclic) bond motifs is 2. The van der Waals surface area contributed by atoms with E-state index in [0.29, 0.717) is 13.1 Å². The largest absolute Gasteiger partial charge is 0.481 e. The van der Waals surface area contributed by atoms with Gasteiger partial charge >= 0.3 is 5.97 Å². The number of rotatable bonds is 2. The molecule has 3 heterocycles. The topological polar surface area (TPSA) is 76.1 Å². The van der Waals surface area contributed by atoms with Crippen LogP contribution >= 0.6 is 0 Å². The number of carbonyl (C=O) groups excluding carboxylic acids is 1. The third-order valence-corrected chi connectivity index (χ3v) is 4.57. The molecule has 1 N–H and O–H groups in total. The van der Waals surface area contributed by atoms with Gasteiger partial charge in [0.25, 0.3) is 0 Å². The molecule has 6 atom stereocenters. The van der Waals surface area contributed by atoms with Crippen LogP contribution < -0.4 is 0 Å². The molecule has 0 saturated carbocycles. The normalized spacial score (nSPS) is 43.8. The summed E-state index contributed by atoms with van der Waals surface area (Å²) in [6.45, 7) is 4.93. The Morgan fingerprint density at radius 2 is 1.55 bits per heavy atom. The van der Waals surface area contributed by atoms with Crippen LogP contribution in [0, 0.1) is 11.8 Å². The van der Waals surface area contributed by atoms with Gasteiger partial charge in [0, 0.05) is 13.1 Å². The average Bonchev–Trinajstić information content (AvgIpc) is 2.96. The lowest BCUT2D eigenvalue weighted by Crippen LogP contribution is -2.53. The van der Waals surface area contributed by atoms with E-state index in [1.807, 2.05) is 13.8 Å². The smallest absolute Gasteiger partial charge is 0.310 e. The Morgan fingerprint density at radius 3 is 2.10 bits per heavy atom. The Kier molecular flexibility index (Phi) is 3.46. The molecule has 1 amide bonds. The van der Waals surface area contributed by atoms with E-state index >= 15 is 0 Å². The number of nitrogens with zero attached hydrogens (tertiary/aromatic N) is 1. The summed E-state index contributed by atoms with van der Waals surface area (Å²) < 4.78 is 11.3. The SMILES string of the molecule is C[C@@H]1CN(C(=O)[C@H]2[C@@H](C(=O)O)[C@@H]3CC[C@@H]2O3)C[C@H](C)O1. The third-order valence-electron chi connectivity index (χ3n) is 4.57. The number of amides is 1. The molecule has 0 aromatic heterocycles. The molecular weight excluding hydrogens is 262 g/mol. The van der Waals surface area contributed by atoms with E-state index in [1.165, 1.54) is 0 Å². The minimum Gasteiger partial charge on any atom is -0.481 e. The second-order valence-electron chi connectivity index (χ2n) is 6.18. The summed E-state index contributed by atoms with van der Waals surface area (Å²) in [4.78, 5) is 25.9. The van der Waals surface area contributed by atoms with Gasteiger partial charge in [0.15, 0.2) is 0 Å². The van der Waals surface area contributed by atoms with Gasteiger partial charge in [-0.15, -0.1) is 0 Å². The highest BCUT2D eigenvalue weighted by Gasteiger charge is 2.56. The van der Waals surface area contributed by atoms with E-state index in [9.17, 15) is 14.7 Å². The molecule has 20 heavy (non-hydrogen) atoms. The van der Waals surface area contributed by atoms with E-state index in [-0.39, 0.29) is 30.3 Å². The summed E-state index contributed by atoms with van der Waals surface area (Å²) in [5, 5.41) is 9.38. The van der Waals surface area contributed by atoms with Crippen molar-refractivity contribution in [2.45, 2.75) is 51.1 Å². The maximum atomic E-state index is 12.7. The van der Waals surface area contributed by atoms with Gasteiger partial charge in [-0.25, -0.2) is 0 Å². The number of aliphatic carboxylic acids is 1. The first-order chi connectivity index (χ1) is 9.47. The molecule has 0 aromatic carbocycles. The highest BCUT2D eigenvalue weighted by molar-refractivity contribution is 5.86. The first kappa shape index (κ1) is 13.8. The zero-order chi connectivity index (χ0) is 14.4. The number of carboxylic acid groups (broad SMARTS) is 1. The lowest BCUT2D eigenvalue weighted by atomic mass is 9.78. The molecule has 0 spiro atoms. The van der Waals surface area contributed by atoms with Gasteiger partial charge in [0.05, 0.1) is 36.3 Å². The Balaban J connectivity index is 1.77. The van der Waals surface area contributed by atoms with Crippen LogP contribution in [-0.4, -0.2) is 59.4 Å². The average molecular weight is 283 g/mol. The Morgan fingerprint density at radius 1 is 1.00 bits per heavy atom. The Labute approximate surface area is 118 Å². The van der Waals surface area contributed by atoms with Gasteiger partial charge in [-0.05, 0) is 26.7 Å². The fraction of sp³-hybridized carbons (Fsp3) is 0.857. The molecule has 0 aromatic rings. The molecular formula is C14H21NO5. The minimum atomic E-state index is -0.912. The lowest BCUT2D eigenvalue weighted by Gasteiger charge is -2.38. The summed E-state index contributed by atoms with van der Waals surface area (Å²) in [5.74, 6) is -2.20. The van der Waals surface area contributed by atoms with Crippen LogP contribution in [0.3, 0.4) is 0 Å². The Bertz CT molecular complexity index is 416. The minimum absolute atomic E-state index is 0.00881. The van der Waals surface area contributed by atoms with Crippen molar-refractivity contribution in [2.75, 3.05) is 13.1 Å². The number of hydrogen-bond acceptors (Lipinski definition) is 4. The summed E-state index contributed by atoms with van der Waals surface area (Å²) in [6, 6.07) is 0. The molecule has 112 valence electrons. The fourth-order valence-electron chi connectivity index (χ4n) is 3.87. The van der Waals surface area contributed by atoms with Crippen LogP contribution in [0.15, 0.2) is 0 Å². The van der Waals surface area contributed by atoms with Gasteiger partial charge < -0.3 is 19.5 Å². The lowest BCUT2D eigenvalue weighted by molar-refractivity contribution is -0.156. The Hall–Kier alpha value is -1.14. The maximum Gasteiger partial charge on any atom is 0.310 e. The van der Waals surface area contributed by atoms with Crippen molar-refractivity contribution in [1.29, 1.82) is 0 Å². The summed E-state index contributed by atoms with van der Waals surface area (Å²) in [6.07, 6.45) is 1.02. The number of carbonyl (C=O) groups is 2. The molecule has 0 radical (unpaired) electrons. The van der Waals surface area contributed by atoms with Crippen molar-refractivity contribution in [2.24, 2.45) is 11.8 Å². The highest BCUT2D eigenvalue weighted by Crippen LogP contribution is 2.44. The van der Waals surface area contributed by atoms with Crippen molar-refractivity contribution < 1.29 is 24.2 Å². The molecule has 3 aliphatic heterocycles. The van der Waals surface area contributed by atoms with Crippen LogP contribution in [0.1, 0.15) is 26.7 Å². The van der Waals surface area contributed by atoms with Gasteiger partial charge in [0.2, 0.25) is 5.91 Å². The number of morpholine rings is 1. The van der Waals surface area contributed by atoms with Crippen molar-refractivity contribution in [3.63, 3.8) is 0 Å². The summed E-state index contributed by atoms with van der Waals surface area (Å²) in [5.41, 5.74) is 0. The molecule has 6 heteroatoms. The maximum absolute atomic E-state index is 12.7. The van der Waals surface area contributed by atoms with Crippen LogP contribution in [0.2, 0.25) is 0 Å². The van der Waals surface area contributed by atoms with E-state index < -0.39 is 17.8 Å². The molecule has 2 bridgehead atoms. The van der Waals surface area contributed by atoms with Crippen LogP contribution in [0.4, 0.5) is 0 Å². The molecule has 0 unspecified atom stereocenters. The van der Waals surface area contributed by atoms with Crippen molar-refractivity contribution >= 4 is 11.9 Å². The molecule has 3 saturated heterocycles. The van der Waals surface area contributed by atoms with E-state index in [4.69, 9.17) is 9.47 Å². The number of hydrogen-bond donors (Lipinski definition) is 1. The summed E-state index contributed by atoms with van der Waals surface area (Å²) in [7, 11) is 0. The van der Waals surface area contributed by atoms with Gasteiger partial charge in [-0.2, -0.15) is 0 Å². The predicted molar refractivity (Wildman–Crippen MR) is 69.1 cm³/mol. The first-order valence-electron chi connectivity index (χ1n) is 7.30. The zero-order valence-corrected chi connectivity index (χ0v) is 11.8. The van der Waals surface area contributed by atoms with Gasteiger partial charge in [0.1, 0.15) is 0 Å². The molecule has 0 aliphatic carbocycles. The molecule has 6 nitrogen and oxygen atoms in total. The van der Waals surface area contributed by atoms with E-state index in [2.05, 4.69) is 0 Å². The monoisotopic (exact) mass is 283 g/mol. The van der Waals surface area contributed by atoms with Crippen LogP contribution in [0.5, 0.6) is 0 Å². The third kappa shape index (κ3) is 2.20. The highest BCUT2D eigenvalue weighted by atomic mass is 16.5. The van der Waals surface area contributed by atoms with Gasteiger partial charge in [-0.3, -0.25) is 9.59 Å². The molecule has 3 rings (SSSR count). The van der Waals surface area contributed by atoms with Crippen LogP contribution in [-0.2, 0) is 19.1 Å². The van der Waals surface area contributed by atoms with Crippen molar-refractivity contribution in [3.05, 3.63) is 0 Å². The number of ether oxygens (including phenoxy) is 2. The van der Waals surface area contributed by atoms with Crippen molar-refractivity contribution in [3.8, 4) is 0 Å². The second-order valence-corrected chi connectivity index (χ2v) is 6.18. The zero-order valence-electron chi connectivity index (χ0n) is 11.8. The molecule has 3 aliphatic rings. The second kappa shape index (κ2) is 5.00. The quantitative estimate of drug-likeness (QED) is 0.798. The van der Waals surface area contributed by atoms with Gasteiger partial charge in [-0.1, -0.05) is 0 Å². The fourth-order valence-corrected chi connectivity index (χ4v) is 3.87. The number of carboxylic acids is 1. The molecule has 3 fully saturated rings.